The predicted molar refractivity (Wildman–Crippen MR) is 86.8 cm³/mol. The Morgan fingerprint density at radius 2 is 2.10 bits per heavy atom. The van der Waals surface area contributed by atoms with Crippen molar-refractivity contribution in [3.63, 3.8) is 0 Å². The van der Waals surface area contributed by atoms with Crippen molar-refractivity contribution in [1.29, 1.82) is 0 Å². The lowest BCUT2D eigenvalue weighted by Gasteiger charge is -2.22. The van der Waals surface area contributed by atoms with Gasteiger partial charge in [-0.3, -0.25) is 4.98 Å². The van der Waals surface area contributed by atoms with E-state index in [2.05, 4.69) is 28.2 Å². The first-order valence-corrected chi connectivity index (χ1v) is 7.97. The SMILES string of the molecule is CCNc1c2c(nc3c(Br)ccc(OC)c13)CCCC2. The van der Waals surface area contributed by atoms with Gasteiger partial charge in [0.1, 0.15) is 5.75 Å². The van der Waals surface area contributed by atoms with Crippen LogP contribution in [0, 0.1) is 0 Å². The monoisotopic (exact) mass is 334 g/mol. The second-order valence-electron chi connectivity index (χ2n) is 5.12. The third-order valence-corrected chi connectivity index (χ3v) is 4.54. The quantitative estimate of drug-likeness (QED) is 0.907. The number of hydrogen-bond acceptors (Lipinski definition) is 3. The maximum Gasteiger partial charge on any atom is 0.130 e. The van der Waals surface area contributed by atoms with Crippen LogP contribution in [-0.2, 0) is 12.8 Å². The highest BCUT2D eigenvalue weighted by atomic mass is 79.9. The van der Waals surface area contributed by atoms with E-state index >= 15 is 0 Å². The molecule has 1 N–H and O–H groups in total. The van der Waals surface area contributed by atoms with Gasteiger partial charge in [0.25, 0.3) is 0 Å². The lowest BCUT2D eigenvalue weighted by molar-refractivity contribution is 0.419. The first-order chi connectivity index (χ1) is 9.76. The number of benzene rings is 1. The summed E-state index contributed by atoms with van der Waals surface area (Å²) < 4.78 is 6.59. The van der Waals surface area contributed by atoms with Gasteiger partial charge in [-0.15, -0.1) is 0 Å². The summed E-state index contributed by atoms with van der Waals surface area (Å²) in [5, 5.41) is 4.64. The van der Waals surface area contributed by atoms with Gasteiger partial charge >= 0.3 is 0 Å². The molecule has 1 aromatic carbocycles. The number of aryl methyl sites for hydroxylation is 1. The van der Waals surface area contributed by atoms with Crippen LogP contribution >= 0.6 is 15.9 Å². The molecule has 0 saturated carbocycles. The van der Waals surface area contributed by atoms with Crippen molar-refractivity contribution in [2.24, 2.45) is 0 Å². The second kappa shape index (κ2) is 5.60. The number of nitrogens with one attached hydrogen (secondary N) is 1. The number of halogens is 1. The van der Waals surface area contributed by atoms with Gasteiger partial charge in [-0.25, -0.2) is 0 Å². The molecule has 3 nitrogen and oxygen atoms in total. The normalized spacial score (nSPS) is 14.2. The third kappa shape index (κ3) is 2.16. The Morgan fingerprint density at radius 3 is 2.85 bits per heavy atom. The Balaban J connectivity index is 2.38. The van der Waals surface area contributed by atoms with E-state index in [1.165, 1.54) is 29.8 Å². The number of hydrogen-bond donors (Lipinski definition) is 1. The van der Waals surface area contributed by atoms with E-state index < -0.39 is 0 Å². The summed E-state index contributed by atoms with van der Waals surface area (Å²) >= 11 is 3.63. The van der Waals surface area contributed by atoms with Gasteiger partial charge in [0.15, 0.2) is 0 Å². The molecule has 3 rings (SSSR count). The highest BCUT2D eigenvalue weighted by Gasteiger charge is 2.21. The zero-order chi connectivity index (χ0) is 14.1. The third-order valence-electron chi connectivity index (χ3n) is 3.90. The average molecular weight is 335 g/mol. The van der Waals surface area contributed by atoms with Gasteiger partial charge in [-0.2, -0.15) is 0 Å². The van der Waals surface area contributed by atoms with Crippen molar-refractivity contribution < 1.29 is 4.74 Å². The fourth-order valence-corrected chi connectivity index (χ4v) is 3.43. The molecule has 106 valence electrons. The minimum Gasteiger partial charge on any atom is -0.496 e. The smallest absolute Gasteiger partial charge is 0.130 e. The number of ether oxygens (including phenoxy) is 1. The van der Waals surface area contributed by atoms with Crippen LogP contribution in [0.5, 0.6) is 5.75 Å². The highest BCUT2D eigenvalue weighted by Crippen LogP contribution is 2.40. The molecule has 0 atom stereocenters. The van der Waals surface area contributed by atoms with Crippen LogP contribution in [0.2, 0.25) is 0 Å². The van der Waals surface area contributed by atoms with Gasteiger partial charge in [-0.05, 0) is 66.2 Å². The molecule has 1 heterocycles. The van der Waals surface area contributed by atoms with E-state index in [4.69, 9.17) is 9.72 Å². The van der Waals surface area contributed by atoms with Crippen molar-refractivity contribution >= 4 is 32.5 Å². The van der Waals surface area contributed by atoms with Crippen LogP contribution in [0.15, 0.2) is 16.6 Å². The van der Waals surface area contributed by atoms with Crippen LogP contribution in [0.1, 0.15) is 31.0 Å². The summed E-state index contributed by atoms with van der Waals surface area (Å²) in [6.45, 7) is 3.03. The van der Waals surface area contributed by atoms with Crippen molar-refractivity contribution in [2.45, 2.75) is 32.6 Å². The molecular weight excluding hydrogens is 316 g/mol. The summed E-state index contributed by atoms with van der Waals surface area (Å²) in [5.74, 6) is 0.889. The minimum atomic E-state index is 0.889. The zero-order valence-corrected chi connectivity index (χ0v) is 13.5. The fraction of sp³-hybridized carbons (Fsp3) is 0.438. The molecule has 0 radical (unpaired) electrons. The molecule has 20 heavy (non-hydrogen) atoms. The molecule has 1 aliphatic rings. The van der Waals surface area contributed by atoms with Crippen molar-refractivity contribution in [1.82, 2.24) is 4.98 Å². The largest absolute Gasteiger partial charge is 0.496 e. The van der Waals surface area contributed by atoms with Crippen LogP contribution < -0.4 is 10.1 Å². The number of pyridine rings is 1. The lowest BCUT2D eigenvalue weighted by Crippen LogP contribution is -2.11. The Morgan fingerprint density at radius 1 is 1.30 bits per heavy atom. The Kier molecular flexibility index (Phi) is 3.83. The molecule has 0 spiro atoms. The number of nitrogens with zero attached hydrogens (tertiary/aromatic N) is 1. The molecule has 0 bridgehead atoms. The Bertz CT molecular complexity index is 655. The maximum atomic E-state index is 5.56. The van der Waals surface area contributed by atoms with Gasteiger partial charge in [0.2, 0.25) is 0 Å². The molecule has 0 aliphatic heterocycles. The number of methoxy groups -OCH3 is 1. The molecule has 0 amide bonds. The van der Waals surface area contributed by atoms with Gasteiger partial charge in [0, 0.05) is 16.7 Å². The summed E-state index contributed by atoms with van der Waals surface area (Å²) in [7, 11) is 1.72. The molecule has 4 heteroatoms. The first-order valence-electron chi connectivity index (χ1n) is 7.18. The highest BCUT2D eigenvalue weighted by molar-refractivity contribution is 9.10. The van der Waals surface area contributed by atoms with E-state index in [-0.39, 0.29) is 0 Å². The average Bonchev–Trinajstić information content (AvgIpc) is 2.48. The predicted octanol–water partition coefficient (Wildman–Crippen LogP) is 4.32. The first kappa shape index (κ1) is 13.7. The van der Waals surface area contributed by atoms with E-state index in [1.54, 1.807) is 7.11 Å². The number of rotatable bonds is 3. The second-order valence-corrected chi connectivity index (χ2v) is 5.98. The molecule has 2 aromatic rings. The van der Waals surface area contributed by atoms with Gasteiger partial charge in [-0.1, -0.05) is 0 Å². The number of aromatic nitrogens is 1. The Labute approximate surface area is 127 Å². The summed E-state index contributed by atoms with van der Waals surface area (Å²) in [4.78, 5) is 4.90. The van der Waals surface area contributed by atoms with Crippen LogP contribution in [0.3, 0.4) is 0 Å². The molecule has 0 unspecified atom stereocenters. The lowest BCUT2D eigenvalue weighted by atomic mass is 9.92. The summed E-state index contributed by atoms with van der Waals surface area (Å²) in [6, 6.07) is 4.02. The van der Waals surface area contributed by atoms with E-state index in [1.807, 2.05) is 12.1 Å². The molecule has 1 aliphatic carbocycles. The molecule has 1 aromatic heterocycles. The van der Waals surface area contributed by atoms with Crippen LogP contribution in [0.4, 0.5) is 5.69 Å². The van der Waals surface area contributed by atoms with Gasteiger partial charge in [0.05, 0.1) is 23.7 Å². The van der Waals surface area contributed by atoms with Crippen LogP contribution in [0.25, 0.3) is 10.9 Å². The fourth-order valence-electron chi connectivity index (χ4n) is 3.01. The van der Waals surface area contributed by atoms with E-state index in [0.717, 1.165) is 40.5 Å². The van der Waals surface area contributed by atoms with Gasteiger partial charge < -0.3 is 10.1 Å². The standard InChI is InChI=1S/C16H19BrN2O/c1-3-18-15-10-6-4-5-7-12(10)19-16-11(17)8-9-13(20-2)14(15)16/h8-9H,3-7H2,1-2H3,(H,18,19). The molecular formula is C16H19BrN2O. The number of fused-ring (bicyclic) bond motifs is 2. The summed E-state index contributed by atoms with van der Waals surface area (Å²) in [6.07, 6.45) is 4.66. The number of anilines is 1. The van der Waals surface area contributed by atoms with Crippen molar-refractivity contribution in [3.05, 3.63) is 27.9 Å². The van der Waals surface area contributed by atoms with E-state index in [9.17, 15) is 0 Å². The summed E-state index contributed by atoms with van der Waals surface area (Å²) in [5.41, 5.74) is 4.84. The minimum absolute atomic E-state index is 0.889. The van der Waals surface area contributed by atoms with Crippen molar-refractivity contribution in [2.75, 3.05) is 19.0 Å². The molecule has 0 saturated heterocycles. The topological polar surface area (TPSA) is 34.2 Å². The zero-order valence-electron chi connectivity index (χ0n) is 11.9. The van der Waals surface area contributed by atoms with E-state index in [0.29, 0.717) is 0 Å². The van der Waals surface area contributed by atoms with Crippen LogP contribution in [-0.4, -0.2) is 18.6 Å². The Hall–Kier alpha value is -1.29. The maximum absolute atomic E-state index is 5.56. The van der Waals surface area contributed by atoms with Crippen molar-refractivity contribution in [3.8, 4) is 5.75 Å². The molecule has 0 fully saturated rings.